The molecule has 0 aliphatic heterocycles. The van der Waals surface area contributed by atoms with Crippen molar-refractivity contribution in [1.29, 1.82) is 0 Å². The predicted molar refractivity (Wildman–Crippen MR) is 67.2 cm³/mol. The van der Waals surface area contributed by atoms with Crippen molar-refractivity contribution in [1.82, 2.24) is 5.32 Å². The Bertz CT molecular complexity index is 444. The maximum Gasteiger partial charge on any atom is 0.243 e. The number of carbonyl (C=O) groups excluding carboxylic acids is 1. The SMILES string of the molecule is Cc1ccc(/C=C/C(=O)NCCN=[N+]=[N-])cc1. The molecule has 1 N–H and O–H groups in total. The molecule has 0 atom stereocenters. The van der Waals surface area contributed by atoms with E-state index in [1.165, 1.54) is 11.6 Å². The Morgan fingerprint density at radius 3 is 2.82 bits per heavy atom. The smallest absolute Gasteiger partial charge is 0.243 e. The zero-order valence-corrected chi connectivity index (χ0v) is 9.63. The number of hydrogen-bond donors (Lipinski definition) is 1. The topological polar surface area (TPSA) is 77.9 Å². The molecular weight excluding hydrogens is 216 g/mol. The summed E-state index contributed by atoms with van der Waals surface area (Å²) in [4.78, 5) is 13.9. The second-order valence-electron chi connectivity index (χ2n) is 3.49. The van der Waals surface area contributed by atoms with Crippen LogP contribution in [0.15, 0.2) is 35.5 Å². The summed E-state index contributed by atoms with van der Waals surface area (Å²) >= 11 is 0. The average molecular weight is 230 g/mol. The van der Waals surface area contributed by atoms with Gasteiger partial charge in [0.05, 0.1) is 0 Å². The lowest BCUT2D eigenvalue weighted by Gasteiger charge is -1.98. The van der Waals surface area contributed by atoms with Gasteiger partial charge in [-0.15, -0.1) is 0 Å². The molecule has 0 aliphatic rings. The minimum Gasteiger partial charge on any atom is -0.352 e. The summed E-state index contributed by atoms with van der Waals surface area (Å²) in [6.45, 7) is 2.62. The van der Waals surface area contributed by atoms with Gasteiger partial charge in [-0.3, -0.25) is 4.79 Å². The van der Waals surface area contributed by atoms with E-state index in [2.05, 4.69) is 15.3 Å². The van der Waals surface area contributed by atoms with Gasteiger partial charge >= 0.3 is 0 Å². The van der Waals surface area contributed by atoms with E-state index < -0.39 is 0 Å². The van der Waals surface area contributed by atoms with Crippen LogP contribution in [0.2, 0.25) is 0 Å². The summed E-state index contributed by atoms with van der Waals surface area (Å²) < 4.78 is 0. The third-order valence-electron chi connectivity index (χ3n) is 2.08. The molecule has 88 valence electrons. The van der Waals surface area contributed by atoms with Crippen molar-refractivity contribution in [3.8, 4) is 0 Å². The minimum absolute atomic E-state index is 0.196. The fourth-order valence-electron chi connectivity index (χ4n) is 1.18. The Balaban J connectivity index is 2.39. The molecule has 0 saturated carbocycles. The first-order chi connectivity index (χ1) is 8.22. The van der Waals surface area contributed by atoms with Gasteiger partial charge in [-0.05, 0) is 24.1 Å². The van der Waals surface area contributed by atoms with Gasteiger partial charge in [0, 0.05) is 24.1 Å². The fraction of sp³-hybridized carbons (Fsp3) is 0.250. The Labute approximate surface area is 99.8 Å². The predicted octanol–water partition coefficient (Wildman–Crippen LogP) is 2.43. The van der Waals surface area contributed by atoms with Crippen molar-refractivity contribution >= 4 is 12.0 Å². The van der Waals surface area contributed by atoms with Crippen LogP contribution in [0.1, 0.15) is 11.1 Å². The molecule has 0 saturated heterocycles. The Hall–Kier alpha value is -2.26. The molecule has 5 nitrogen and oxygen atoms in total. The van der Waals surface area contributed by atoms with Gasteiger partial charge in [0.1, 0.15) is 0 Å². The number of aryl methyl sites for hydroxylation is 1. The first-order valence-corrected chi connectivity index (χ1v) is 5.26. The summed E-state index contributed by atoms with van der Waals surface area (Å²) in [7, 11) is 0. The van der Waals surface area contributed by atoms with Crippen LogP contribution in [-0.4, -0.2) is 19.0 Å². The van der Waals surface area contributed by atoms with Gasteiger partial charge in [-0.1, -0.05) is 34.9 Å². The molecule has 0 spiro atoms. The lowest BCUT2D eigenvalue weighted by Crippen LogP contribution is -2.23. The molecule has 1 aromatic carbocycles. The van der Waals surface area contributed by atoms with Crippen molar-refractivity contribution in [3.05, 3.63) is 51.9 Å². The Morgan fingerprint density at radius 1 is 1.47 bits per heavy atom. The molecule has 1 rings (SSSR count). The summed E-state index contributed by atoms with van der Waals surface area (Å²) in [6, 6.07) is 7.86. The van der Waals surface area contributed by atoms with Crippen molar-refractivity contribution in [2.45, 2.75) is 6.92 Å². The third-order valence-corrected chi connectivity index (χ3v) is 2.08. The van der Waals surface area contributed by atoms with Crippen molar-refractivity contribution < 1.29 is 4.79 Å². The molecule has 5 heteroatoms. The van der Waals surface area contributed by atoms with E-state index in [0.29, 0.717) is 6.54 Å². The van der Waals surface area contributed by atoms with Crippen LogP contribution in [0.25, 0.3) is 16.5 Å². The molecule has 0 fully saturated rings. The fourth-order valence-corrected chi connectivity index (χ4v) is 1.18. The Kier molecular flexibility index (Phi) is 5.34. The maximum absolute atomic E-state index is 11.3. The van der Waals surface area contributed by atoms with E-state index in [-0.39, 0.29) is 12.5 Å². The summed E-state index contributed by atoms with van der Waals surface area (Å²) in [5, 5.41) is 5.92. The third kappa shape index (κ3) is 5.39. The minimum atomic E-state index is -0.196. The van der Waals surface area contributed by atoms with Gasteiger partial charge in [0.2, 0.25) is 5.91 Å². The number of hydrogen-bond acceptors (Lipinski definition) is 2. The van der Waals surface area contributed by atoms with Crippen LogP contribution in [-0.2, 0) is 4.79 Å². The standard InChI is InChI=1S/C12H14N4O/c1-10-2-4-11(5-3-10)6-7-12(17)14-8-9-15-16-13/h2-7H,8-9H2,1H3,(H,14,17)/b7-6+. The maximum atomic E-state index is 11.3. The number of azide groups is 1. The molecular formula is C12H14N4O. The largest absolute Gasteiger partial charge is 0.352 e. The summed E-state index contributed by atoms with van der Waals surface area (Å²) in [5.74, 6) is -0.196. The van der Waals surface area contributed by atoms with Crippen molar-refractivity contribution in [2.24, 2.45) is 5.11 Å². The number of nitrogens with zero attached hydrogens (tertiary/aromatic N) is 3. The molecule has 0 aliphatic carbocycles. The molecule has 0 aromatic heterocycles. The molecule has 1 aromatic rings. The van der Waals surface area contributed by atoms with E-state index in [4.69, 9.17) is 5.53 Å². The normalized spacial score (nSPS) is 9.94. The van der Waals surface area contributed by atoms with Crippen LogP contribution in [0.3, 0.4) is 0 Å². The van der Waals surface area contributed by atoms with Gasteiger partial charge in [-0.25, -0.2) is 0 Å². The molecule has 0 heterocycles. The van der Waals surface area contributed by atoms with Crippen LogP contribution in [0.4, 0.5) is 0 Å². The number of carbonyl (C=O) groups is 1. The lowest BCUT2D eigenvalue weighted by atomic mass is 10.1. The second kappa shape index (κ2) is 7.09. The zero-order chi connectivity index (χ0) is 12.5. The van der Waals surface area contributed by atoms with Crippen molar-refractivity contribution in [3.63, 3.8) is 0 Å². The molecule has 0 unspecified atom stereocenters. The highest BCUT2D eigenvalue weighted by molar-refractivity contribution is 5.91. The first-order valence-electron chi connectivity index (χ1n) is 5.26. The summed E-state index contributed by atoms with van der Waals surface area (Å²) in [5.41, 5.74) is 10.2. The van der Waals surface area contributed by atoms with Gasteiger partial charge in [-0.2, -0.15) is 0 Å². The van der Waals surface area contributed by atoms with E-state index in [1.54, 1.807) is 6.08 Å². The van der Waals surface area contributed by atoms with Gasteiger partial charge < -0.3 is 5.32 Å². The van der Waals surface area contributed by atoms with Crippen LogP contribution in [0.5, 0.6) is 0 Å². The Morgan fingerprint density at radius 2 is 2.18 bits per heavy atom. The van der Waals surface area contributed by atoms with Crippen LogP contribution in [0, 0.1) is 6.92 Å². The molecule has 0 bridgehead atoms. The second-order valence-corrected chi connectivity index (χ2v) is 3.49. The lowest BCUT2D eigenvalue weighted by molar-refractivity contribution is -0.116. The van der Waals surface area contributed by atoms with Crippen LogP contribution >= 0.6 is 0 Å². The van der Waals surface area contributed by atoms with Crippen molar-refractivity contribution in [2.75, 3.05) is 13.1 Å². The highest BCUT2D eigenvalue weighted by Crippen LogP contribution is 2.04. The highest BCUT2D eigenvalue weighted by Gasteiger charge is 1.93. The van der Waals surface area contributed by atoms with E-state index >= 15 is 0 Å². The highest BCUT2D eigenvalue weighted by atomic mass is 16.1. The van der Waals surface area contributed by atoms with E-state index in [0.717, 1.165) is 5.56 Å². The van der Waals surface area contributed by atoms with Gasteiger partial charge in [0.25, 0.3) is 0 Å². The average Bonchev–Trinajstić information content (AvgIpc) is 2.34. The quantitative estimate of drug-likeness (QED) is 0.272. The number of rotatable bonds is 5. The molecule has 1 amide bonds. The van der Waals surface area contributed by atoms with E-state index in [1.807, 2.05) is 31.2 Å². The van der Waals surface area contributed by atoms with Gasteiger partial charge in [0.15, 0.2) is 0 Å². The number of nitrogens with one attached hydrogen (secondary N) is 1. The molecule has 0 radical (unpaired) electrons. The monoisotopic (exact) mass is 230 g/mol. The number of benzene rings is 1. The molecule has 17 heavy (non-hydrogen) atoms. The van der Waals surface area contributed by atoms with E-state index in [9.17, 15) is 4.79 Å². The number of amides is 1. The first kappa shape index (κ1) is 12.8. The van der Waals surface area contributed by atoms with Crippen LogP contribution < -0.4 is 5.32 Å². The summed E-state index contributed by atoms with van der Waals surface area (Å²) in [6.07, 6.45) is 3.20. The zero-order valence-electron chi connectivity index (χ0n) is 9.63.